The van der Waals surface area contributed by atoms with E-state index < -0.39 is 5.41 Å². The average molecular weight is 334 g/mol. The highest BCUT2D eigenvalue weighted by molar-refractivity contribution is 5.81. The first kappa shape index (κ1) is 20.0. The van der Waals surface area contributed by atoms with Gasteiger partial charge in [0.05, 0.1) is 13.2 Å². The summed E-state index contributed by atoms with van der Waals surface area (Å²) in [7, 11) is 3.43. The largest absolute Gasteiger partial charge is 0.496 e. The van der Waals surface area contributed by atoms with Gasteiger partial charge >= 0.3 is 0 Å². The molecule has 0 bridgehead atoms. The lowest BCUT2D eigenvalue weighted by molar-refractivity contribution is -0.132. The molecular weight excluding hydrogens is 304 g/mol. The van der Waals surface area contributed by atoms with Gasteiger partial charge < -0.3 is 15.0 Å². The minimum absolute atomic E-state index is 0.00527. The van der Waals surface area contributed by atoms with E-state index in [0.717, 1.165) is 11.3 Å². The van der Waals surface area contributed by atoms with Gasteiger partial charge in [0, 0.05) is 31.0 Å². The second kappa shape index (κ2) is 8.71. The zero-order valence-corrected chi connectivity index (χ0v) is 15.7. The van der Waals surface area contributed by atoms with Gasteiger partial charge in [0.2, 0.25) is 11.8 Å². The molecule has 0 fully saturated rings. The minimum Gasteiger partial charge on any atom is -0.496 e. The van der Waals surface area contributed by atoms with Crippen LogP contribution in [0.15, 0.2) is 24.3 Å². The minimum atomic E-state index is -0.404. The van der Waals surface area contributed by atoms with E-state index in [2.05, 4.69) is 5.32 Å². The van der Waals surface area contributed by atoms with Crippen LogP contribution in [0, 0.1) is 5.41 Å². The van der Waals surface area contributed by atoms with Crippen LogP contribution in [0.5, 0.6) is 5.75 Å². The lowest BCUT2D eigenvalue weighted by Crippen LogP contribution is -2.36. The fourth-order valence-electron chi connectivity index (χ4n) is 2.32. The molecule has 1 rings (SSSR count). The Hall–Kier alpha value is -2.04. The van der Waals surface area contributed by atoms with Crippen LogP contribution in [0.3, 0.4) is 0 Å². The molecule has 0 saturated heterocycles. The molecule has 1 aromatic rings. The van der Waals surface area contributed by atoms with Crippen LogP contribution in [-0.2, 0) is 9.59 Å². The molecule has 134 valence electrons. The van der Waals surface area contributed by atoms with Crippen molar-refractivity contribution < 1.29 is 14.3 Å². The Balaban J connectivity index is 2.51. The maximum Gasteiger partial charge on any atom is 0.225 e. The number of ether oxygens (including phenoxy) is 1. The van der Waals surface area contributed by atoms with Crippen LogP contribution in [0.2, 0.25) is 0 Å². The zero-order valence-electron chi connectivity index (χ0n) is 15.7. The molecule has 24 heavy (non-hydrogen) atoms. The molecule has 1 unspecified atom stereocenters. The third-order valence-corrected chi connectivity index (χ3v) is 4.10. The number of carbonyl (C=O) groups excluding carboxylic acids is 2. The Morgan fingerprint density at radius 2 is 1.88 bits per heavy atom. The molecule has 1 aromatic carbocycles. The highest BCUT2D eigenvalue weighted by Crippen LogP contribution is 2.28. The lowest BCUT2D eigenvalue weighted by Gasteiger charge is -2.26. The highest BCUT2D eigenvalue weighted by atomic mass is 16.5. The second-order valence-electron chi connectivity index (χ2n) is 7.03. The summed E-state index contributed by atoms with van der Waals surface area (Å²) in [5, 5.41) is 2.87. The van der Waals surface area contributed by atoms with Gasteiger partial charge in [0.1, 0.15) is 5.75 Å². The maximum atomic E-state index is 12.4. The van der Waals surface area contributed by atoms with E-state index in [9.17, 15) is 9.59 Å². The summed E-state index contributed by atoms with van der Waals surface area (Å²) in [6.45, 7) is 8.11. The zero-order chi connectivity index (χ0) is 18.3. The monoisotopic (exact) mass is 334 g/mol. The number of hydrogen-bond donors (Lipinski definition) is 1. The van der Waals surface area contributed by atoms with Crippen molar-refractivity contribution in [3.8, 4) is 5.75 Å². The molecule has 0 heterocycles. The number of benzene rings is 1. The number of para-hydroxylation sites is 1. The summed E-state index contributed by atoms with van der Waals surface area (Å²) in [5.41, 5.74) is 0.580. The van der Waals surface area contributed by atoms with Gasteiger partial charge in [-0.2, -0.15) is 0 Å². The molecule has 0 spiro atoms. The Labute approximate surface area is 145 Å². The molecule has 0 saturated carbocycles. The third kappa shape index (κ3) is 5.55. The van der Waals surface area contributed by atoms with Gasteiger partial charge in [-0.05, 0) is 19.4 Å². The van der Waals surface area contributed by atoms with E-state index in [1.807, 2.05) is 52.0 Å². The van der Waals surface area contributed by atoms with Crippen molar-refractivity contribution in [1.82, 2.24) is 10.2 Å². The molecule has 1 atom stereocenters. The van der Waals surface area contributed by atoms with Crippen molar-refractivity contribution in [2.24, 2.45) is 5.41 Å². The van der Waals surface area contributed by atoms with Crippen molar-refractivity contribution in [3.63, 3.8) is 0 Å². The van der Waals surface area contributed by atoms with E-state index in [1.54, 1.807) is 19.1 Å². The van der Waals surface area contributed by atoms with Gasteiger partial charge in [-0.1, -0.05) is 39.0 Å². The average Bonchev–Trinajstić information content (AvgIpc) is 2.55. The van der Waals surface area contributed by atoms with Crippen molar-refractivity contribution in [1.29, 1.82) is 0 Å². The molecule has 0 radical (unpaired) electrons. The molecule has 5 nitrogen and oxygen atoms in total. The number of methoxy groups -OCH3 is 1. The summed E-state index contributed by atoms with van der Waals surface area (Å²) >= 11 is 0. The summed E-state index contributed by atoms with van der Waals surface area (Å²) in [6.07, 6.45) is 1.03. The second-order valence-corrected chi connectivity index (χ2v) is 7.03. The summed E-state index contributed by atoms with van der Waals surface area (Å²) < 4.78 is 5.37. The van der Waals surface area contributed by atoms with Gasteiger partial charge in [-0.3, -0.25) is 9.59 Å². The smallest absolute Gasteiger partial charge is 0.225 e. The van der Waals surface area contributed by atoms with E-state index in [0.29, 0.717) is 19.4 Å². The van der Waals surface area contributed by atoms with Crippen molar-refractivity contribution in [3.05, 3.63) is 29.8 Å². The Kier molecular flexibility index (Phi) is 7.26. The highest BCUT2D eigenvalue weighted by Gasteiger charge is 2.22. The van der Waals surface area contributed by atoms with E-state index in [4.69, 9.17) is 4.74 Å². The van der Waals surface area contributed by atoms with Crippen LogP contribution in [0.1, 0.15) is 52.1 Å². The molecule has 0 aromatic heterocycles. The Bertz CT molecular complexity index is 564. The van der Waals surface area contributed by atoms with Gasteiger partial charge in [0.15, 0.2) is 0 Å². The van der Waals surface area contributed by atoms with Crippen LogP contribution in [0.25, 0.3) is 0 Å². The fourth-order valence-corrected chi connectivity index (χ4v) is 2.32. The SMILES string of the molecule is COc1ccccc1C(C)N(C)C(=O)CCCNC(=O)C(C)(C)C. The quantitative estimate of drug-likeness (QED) is 0.779. The standard InChI is InChI=1S/C19H30N2O3/c1-14(15-10-7-8-11-16(15)24-6)21(5)17(22)12-9-13-20-18(23)19(2,3)4/h7-8,10-11,14H,9,12-13H2,1-6H3,(H,20,23). The number of carbonyl (C=O) groups is 2. The van der Waals surface area contributed by atoms with Gasteiger partial charge in [-0.15, -0.1) is 0 Å². The number of nitrogens with zero attached hydrogens (tertiary/aromatic N) is 1. The van der Waals surface area contributed by atoms with Gasteiger partial charge in [0.25, 0.3) is 0 Å². The van der Waals surface area contributed by atoms with E-state index in [1.165, 1.54) is 0 Å². The Morgan fingerprint density at radius 3 is 2.46 bits per heavy atom. The molecule has 1 N–H and O–H groups in total. The van der Waals surface area contributed by atoms with Crippen molar-refractivity contribution in [2.75, 3.05) is 20.7 Å². The maximum absolute atomic E-state index is 12.4. The van der Waals surface area contributed by atoms with Crippen molar-refractivity contribution >= 4 is 11.8 Å². The summed E-state index contributed by atoms with van der Waals surface area (Å²) in [6, 6.07) is 7.64. The van der Waals surface area contributed by atoms with Crippen LogP contribution >= 0.6 is 0 Å². The van der Waals surface area contributed by atoms with E-state index >= 15 is 0 Å². The molecule has 0 aliphatic heterocycles. The first-order valence-electron chi connectivity index (χ1n) is 8.35. The lowest BCUT2D eigenvalue weighted by atomic mass is 9.96. The molecule has 5 heteroatoms. The topological polar surface area (TPSA) is 58.6 Å². The predicted octanol–water partition coefficient (Wildman–Crippen LogP) is 3.16. The first-order chi connectivity index (χ1) is 11.2. The van der Waals surface area contributed by atoms with Gasteiger partial charge in [-0.25, -0.2) is 0 Å². The van der Waals surface area contributed by atoms with Crippen molar-refractivity contribution in [2.45, 2.75) is 46.6 Å². The Morgan fingerprint density at radius 1 is 1.25 bits per heavy atom. The molecule has 2 amide bonds. The van der Waals surface area contributed by atoms with Crippen LogP contribution in [-0.4, -0.2) is 37.4 Å². The normalized spacial score (nSPS) is 12.4. The summed E-state index contributed by atoms with van der Waals surface area (Å²) in [4.78, 5) is 25.9. The molecular formula is C19H30N2O3. The predicted molar refractivity (Wildman–Crippen MR) is 95.9 cm³/mol. The number of amides is 2. The fraction of sp³-hybridized carbons (Fsp3) is 0.579. The van der Waals surface area contributed by atoms with E-state index in [-0.39, 0.29) is 17.9 Å². The number of hydrogen-bond acceptors (Lipinski definition) is 3. The van der Waals surface area contributed by atoms with Crippen LogP contribution < -0.4 is 10.1 Å². The first-order valence-corrected chi connectivity index (χ1v) is 8.35. The summed E-state index contributed by atoms with van der Waals surface area (Å²) in [5.74, 6) is 0.839. The third-order valence-electron chi connectivity index (χ3n) is 4.10. The molecule has 0 aliphatic carbocycles. The molecule has 0 aliphatic rings. The number of nitrogens with one attached hydrogen (secondary N) is 1. The van der Waals surface area contributed by atoms with Crippen LogP contribution in [0.4, 0.5) is 0 Å². The number of rotatable bonds is 7.